The number of para-hydroxylation sites is 2. The lowest BCUT2D eigenvalue weighted by atomic mass is 10.2. The van der Waals surface area contributed by atoms with Gasteiger partial charge in [0, 0.05) is 5.56 Å². The predicted octanol–water partition coefficient (Wildman–Crippen LogP) is 4.59. The van der Waals surface area contributed by atoms with Crippen molar-refractivity contribution < 1.29 is 4.74 Å². The summed E-state index contributed by atoms with van der Waals surface area (Å²) in [7, 11) is 4.58. The zero-order chi connectivity index (χ0) is 17.2. The van der Waals surface area contributed by atoms with E-state index in [-0.39, 0.29) is 0 Å². The van der Waals surface area contributed by atoms with Crippen LogP contribution in [0.25, 0.3) is 11.4 Å². The summed E-state index contributed by atoms with van der Waals surface area (Å²) < 4.78 is 7.14. The highest BCUT2D eigenvalue weighted by Gasteiger charge is 2.23. The quantitative estimate of drug-likeness (QED) is 0.661. The van der Waals surface area contributed by atoms with E-state index < -0.39 is 0 Å². The maximum Gasteiger partial charge on any atom is 0.221 e. The standard InChI is InChI=1S/C16H12ClN5OS2/c1-23-13-9-5-4-8-12(13)18-15-21-22-14(19-20-16(22)25-24-15)10-6-2-3-7-11(10)17/h2-9H,1H3,(H,18,21). The molecule has 1 N–H and O–H groups in total. The number of hydrogen-bond acceptors (Lipinski definition) is 6. The Kier molecular flexibility index (Phi) is 4.56. The van der Waals surface area contributed by atoms with E-state index in [4.69, 9.17) is 16.3 Å². The number of amidine groups is 1. The largest absolute Gasteiger partial charge is 0.494 e. The van der Waals surface area contributed by atoms with E-state index in [1.54, 1.807) is 11.8 Å². The zero-order valence-corrected chi connectivity index (χ0v) is 15.4. The maximum atomic E-state index is 6.30. The van der Waals surface area contributed by atoms with Crippen LogP contribution < -0.4 is 10.2 Å². The first-order valence-corrected chi connectivity index (χ1v) is 9.82. The Labute approximate surface area is 157 Å². The summed E-state index contributed by atoms with van der Waals surface area (Å²) in [4.78, 5) is 4.64. The molecule has 0 radical (unpaired) electrons. The number of aliphatic imine (C=N–C) groups is 1. The first kappa shape index (κ1) is 16.3. The Bertz CT molecular complexity index is 959. The molecule has 4 rings (SSSR count). The van der Waals surface area contributed by atoms with Crippen LogP contribution in [-0.4, -0.2) is 27.2 Å². The topological polar surface area (TPSA) is 64.3 Å². The zero-order valence-electron chi connectivity index (χ0n) is 13.0. The molecule has 3 aromatic rings. The molecule has 2 aromatic carbocycles. The van der Waals surface area contributed by atoms with E-state index in [1.165, 1.54) is 21.6 Å². The third kappa shape index (κ3) is 3.20. The molecule has 25 heavy (non-hydrogen) atoms. The second-order valence-corrected chi connectivity index (χ2v) is 7.48. The normalized spacial score (nSPS) is 14.9. The van der Waals surface area contributed by atoms with Gasteiger partial charge >= 0.3 is 0 Å². The number of methoxy groups -OCH3 is 1. The van der Waals surface area contributed by atoms with Gasteiger partial charge in [0.1, 0.15) is 11.4 Å². The number of nitrogens with zero attached hydrogens (tertiary/aromatic N) is 4. The lowest BCUT2D eigenvalue weighted by Gasteiger charge is -2.18. The average Bonchev–Trinajstić information content (AvgIpc) is 3.06. The maximum absolute atomic E-state index is 6.30. The van der Waals surface area contributed by atoms with Crippen LogP contribution in [0.2, 0.25) is 5.02 Å². The molecule has 0 aliphatic carbocycles. The van der Waals surface area contributed by atoms with Crippen LogP contribution in [0, 0.1) is 0 Å². The van der Waals surface area contributed by atoms with Crippen LogP contribution in [0.15, 0.2) is 58.7 Å². The van der Waals surface area contributed by atoms with E-state index in [1.807, 2.05) is 48.5 Å². The molecule has 126 valence electrons. The second kappa shape index (κ2) is 6.99. The monoisotopic (exact) mass is 389 g/mol. The second-order valence-electron chi connectivity index (χ2n) is 4.99. The Hall–Kier alpha value is -2.16. The van der Waals surface area contributed by atoms with Gasteiger partial charge in [0.05, 0.1) is 12.1 Å². The Morgan fingerprint density at radius 3 is 2.72 bits per heavy atom. The molecule has 0 unspecified atom stereocenters. The van der Waals surface area contributed by atoms with Crippen LogP contribution in [0.3, 0.4) is 0 Å². The predicted molar refractivity (Wildman–Crippen MR) is 103 cm³/mol. The number of fused-ring (bicyclic) bond motifs is 1. The summed E-state index contributed by atoms with van der Waals surface area (Å²) >= 11 is 6.30. The van der Waals surface area contributed by atoms with Gasteiger partial charge in [-0.25, -0.2) is 9.67 Å². The molecule has 1 aliphatic rings. The third-order valence-corrected chi connectivity index (χ3v) is 5.80. The molecular weight excluding hydrogens is 378 g/mol. The molecule has 0 spiro atoms. The average molecular weight is 390 g/mol. The molecule has 0 atom stereocenters. The van der Waals surface area contributed by atoms with Crippen molar-refractivity contribution in [2.75, 3.05) is 12.5 Å². The molecular formula is C16H12ClN5OS2. The molecule has 1 aromatic heterocycles. The van der Waals surface area contributed by atoms with Crippen molar-refractivity contribution in [1.82, 2.24) is 14.9 Å². The lowest BCUT2D eigenvalue weighted by Crippen LogP contribution is -2.24. The van der Waals surface area contributed by atoms with Crippen molar-refractivity contribution in [1.29, 1.82) is 0 Å². The number of rotatable bonds is 3. The molecule has 0 amide bonds. The summed E-state index contributed by atoms with van der Waals surface area (Å²) in [6, 6.07) is 15.1. The number of benzene rings is 2. The van der Waals surface area contributed by atoms with Crippen LogP contribution in [-0.2, 0) is 0 Å². The molecule has 9 heteroatoms. The molecule has 1 aliphatic heterocycles. The van der Waals surface area contributed by atoms with Crippen LogP contribution in [0.4, 0.5) is 5.69 Å². The van der Waals surface area contributed by atoms with Gasteiger partial charge in [-0.15, -0.1) is 10.2 Å². The van der Waals surface area contributed by atoms with Crippen molar-refractivity contribution in [2.24, 2.45) is 4.99 Å². The number of halogens is 1. The number of ether oxygens (including phenoxy) is 1. The fourth-order valence-corrected chi connectivity index (χ4v) is 4.23. The Morgan fingerprint density at radius 1 is 1.08 bits per heavy atom. The van der Waals surface area contributed by atoms with Gasteiger partial charge in [-0.1, -0.05) is 35.9 Å². The van der Waals surface area contributed by atoms with Gasteiger partial charge in [-0.3, -0.25) is 5.43 Å². The van der Waals surface area contributed by atoms with Gasteiger partial charge in [0.25, 0.3) is 0 Å². The molecule has 2 heterocycles. The molecule has 0 saturated heterocycles. The lowest BCUT2D eigenvalue weighted by molar-refractivity contribution is 0.416. The summed E-state index contributed by atoms with van der Waals surface area (Å²) in [6.45, 7) is 0. The highest BCUT2D eigenvalue weighted by atomic mass is 35.5. The summed E-state index contributed by atoms with van der Waals surface area (Å²) in [5.74, 6) is 1.35. The van der Waals surface area contributed by atoms with Gasteiger partial charge in [-0.2, -0.15) is 0 Å². The van der Waals surface area contributed by atoms with Crippen LogP contribution in [0.5, 0.6) is 5.75 Å². The van der Waals surface area contributed by atoms with E-state index >= 15 is 0 Å². The molecule has 0 bridgehead atoms. The van der Waals surface area contributed by atoms with E-state index in [0.29, 0.717) is 21.8 Å². The minimum Gasteiger partial charge on any atom is -0.494 e. The van der Waals surface area contributed by atoms with Gasteiger partial charge in [-0.05, 0) is 45.9 Å². The highest BCUT2D eigenvalue weighted by Crippen LogP contribution is 2.39. The summed E-state index contributed by atoms with van der Waals surface area (Å²) in [6.07, 6.45) is 0. The van der Waals surface area contributed by atoms with Gasteiger partial charge in [0.15, 0.2) is 11.0 Å². The fraction of sp³-hybridized carbons (Fsp3) is 0.0625. The number of nitrogens with one attached hydrogen (secondary N) is 1. The molecule has 0 fully saturated rings. The van der Waals surface area contributed by atoms with Crippen molar-refractivity contribution in [3.05, 3.63) is 53.6 Å². The van der Waals surface area contributed by atoms with Crippen LogP contribution in [0.1, 0.15) is 0 Å². The molecule has 0 saturated carbocycles. The van der Waals surface area contributed by atoms with Crippen LogP contribution >= 0.6 is 33.2 Å². The van der Waals surface area contributed by atoms with Crippen molar-refractivity contribution in [3.8, 4) is 17.1 Å². The van der Waals surface area contributed by atoms with E-state index in [0.717, 1.165) is 16.4 Å². The molecule has 6 nitrogen and oxygen atoms in total. The van der Waals surface area contributed by atoms with E-state index in [2.05, 4.69) is 20.6 Å². The number of hydrogen-bond donors (Lipinski definition) is 1. The van der Waals surface area contributed by atoms with Crippen molar-refractivity contribution >= 4 is 44.0 Å². The summed E-state index contributed by atoms with van der Waals surface area (Å²) in [5.41, 5.74) is 4.79. The Morgan fingerprint density at radius 2 is 1.88 bits per heavy atom. The minimum absolute atomic E-state index is 0.617. The van der Waals surface area contributed by atoms with Crippen molar-refractivity contribution in [2.45, 2.75) is 5.16 Å². The Balaban J connectivity index is 1.71. The smallest absolute Gasteiger partial charge is 0.221 e. The first-order valence-electron chi connectivity index (χ1n) is 7.30. The van der Waals surface area contributed by atoms with Gasteiger partial charge in [0.2, 0.25) is 5.16 Å². The van der Waals surface area contributed by atoms with E-state index in [9.17, 15) is 0 Å². The summed E-state index contributed by atoms with van der Waals surface area (Å²) in [5, 5.41) is 10.5. The SMILES string of the molecule is COc1ccccc1N=C1Nn2c(nnc2-c2ccccc2Cl)SS1. The van der Waals surface area contributed by atoms with Gasteiger partial charge < -0.3 is 4.74 Å². The minimum atomic E-state index is 0.617. The highest BCUT2D eigenvalue weighted by molar-refractivity contribution is 8.82. The fourth-order valence-electron chi connectivity index (χ4n) is 2.31. The third-order valence-electron chi connectivity index (χ3n) is 3.46. The number of aromatic nitrogens is 3. The first-order chi connectivity index (χ1) is 12.3. The van der Waals surface area contributed by atoms with Crippen molar-refractivity contribution in [3.63, 3.8) is 0 Å².